The van der Waals surface area contributed by atoms with Gasteiger partial charge in [0.25, 0.3) is 11.5 Å². The highest BCUT2D eigenvalue weighted by Crippen LogP contribution is 2.35. The van der Waals surface area contributed by atoms with Crippen molar-refractivity contribution in [3.63, 3.8) is 0 Å². The van der Waals surface area contributed by atoms with Crippen molar-refractivity contribution in [3.05, 3.63) is 113 Å². The Morgan fingerprint density at radius 1 is 1.10 bits per heavy atom. The number of anilines is 1. The van der Waals surface area contributed by atoms with E-state index < -0.39 is 6.04 Å². The molecular weight excluding hydrogens is 582 g/mol. The first-order valence-corrected chi connectivity index (χ1v) is 13.5. The number of aromatic hydroxyl groups is 1. The first-order valence-electron chi connectivity index (χ1n) is 11.9. The van der Waals surface area contributed by atoms with Crippen LogP contribution in [0.15, 0.2) is 92.3 Å². The van der Waals surface area contributed by atoms with E-state index in [0.717, 1.165) is 0 Å². The smallest absolute Gasteiger partial charge is 0.271 e. The van der Waals surface area contributed by atoms with Gasteiger partial charge in [-0.25, -0.2) is 4.99 Å². The van der Waals surface area contributed by atoms with Gasteiger partial charge in [-0.15, -0.1) is 0 Å². The Balaban J connectivity index is 1.71. The number of carbonyl (C=O) groups is 1. The van der Waals surface area contributed by atoms with Crippen LogP contribution < -0.4 is 29.7 Å². The van der Waals surface area contributed by atoms with Gasteiger partial charge in [0.1, 0.15) is 5.75 Å². The number of ether oxygens (including phenoxy) is 2. The molecule has 198 valence electrons. The molecule has 0 unspecified atom stereocenters. The number of thiazole rings is 1. The SMILES string of the molecule is COc1cccc([C@@H]2C(C(=O)Nc3ccccc3)=C(C)N=c3s/c(=C\c4cc(Br)cc(OC)c4O)c(=O)n32)c1. The molecule has 1 atom stereocenters. The average Bonchev–Trinajstić information content (AvgIpc) is 3.24. The number of allylic oxidation sites excluding steroid dienone is 1. The van der Waals surface area contributed by atoms with Crippen LogP contribution in [0.2, 0.25) is 0 Å². The molecule has 1 aliphatic heterocycles. The molecule has 10 heteroatoms. The molecule has 0 spiro atoms. The fourth-order valence-corrected chi connectivity index (χ4v) is 5.95. The maximum absolute atomic E-state index is 13.9. The van der Waals surface area contributed by atoms with Gasteiger partial charge in [-0.05, 0) is 55.0 Å². The molecule has 0 fully saturated rings. The number of nitrogens with zero attached hydrogens (tertiary/aromatic N) is 2. The molecule has 8 nitrogen and oxygen atoms in total. The Kier molecular flexibility index (Phi) is 7.40. The van der Waals surface area contributed by atoms with Gasteiger partial charge in [-0.2, -0.15) is 0 Å². The third-order valence-electron chi connectivity index (χ3n) is 6.28. The number of methoxy groups -OCH3 is 2. The van der Waals surface area contributed by atoms with Crippen LogP contribution >= 0.6 is 27.3 Å². The van der Waals surface area contributed by atoms with E-state index in [1.807, 2.05) is 30.3 Å². The summed E-state index contributed by atoms with van der Waals surface area (Å²) in [7, 11) is 3.02. The molecule has 0 aliphatic carbocycles. The number of phenolic OH excluding ortho intramolecular Hbond substituents is 1. The van der Waals surface area contributed by atoms with Crippen molar-refractivity contribution < 1.29 is 19.4 Å². The fourth-order valence-electron chi connectivity index (χ4n) is 4.46. The summed E-state index contributed by atoms with van der Waals surface area (Å²) in [5.41, 5.74) is 2.23. The minimum atomic E-state index is -0.757. The van der Waals surface area contributed by atoms with Crippen molar-refractivity contribution >= 4 is 44.9 Å². The molecule has 0 radical (unpaired) electrons. The van der Waals surface area contributed by atoms with Crippen LogP contribution in [0.1, 0.15) is 24.1 Å². The standard InChI is InChI=1S/C29H24BrN3O5S/c1-16-24(27(35)32-20-9-5-4-6-10-20)25(17-8-7-11-21(13-17)37-2)33-28(36)23(39-29(33)31-16)14-18-12-19(30)15-22(38-3)26(18)34/h4-15,25,34H,1-3H3,(H,32,35)/b23-14-/t25-/m1/s1. The molecule has 5 rings (SSSR count). The Hall–Kier alpha value is -4.15. The predicted octanol–water partition coefficient (Wildman–Crippen LogP) is 4.36. The summed E-state index contributed by atoms with van der Waals surface area (Å²) < 4.78 is 13.2. The lowest BCUT2D eigenvalue weighted by atomic mass is 9.95. The highest BCUT2D eigenvalue weighted by molar-refractivity contribution is 9.10. The summed E-state index contributed by atoms with van der Waals surface area (Å²) in [6, 6.07) is 19.0. The van der Waals surface area contributed by atoms with Crippen molar-refractivity contribution in [2.24, 2.45) is 4.99 Å². The highest BCUT2D eigenvalue weighted by atomic mass is 79.9. The maximum atomic E-state index is 13.9. The van der Waals surface area contributed by atoms with Gasteiger partial charge in [0.2, 0.25) is 0 Å². The summed E-state index contributed by atoms with van der Waals surface area (Å²) in [5.74, 6) is 0.417. The summed E-state index contributed by atoms with van der Waals surface area (Å²) in [6.07, 6.45) is 1.60. The highest BCUT2D eigenvalue weighted by Gasteiger charge is 2.32. The summed E-state index contributed by atoms with van der Waals surface area (Å²) in [5, 5.41) is 13.6. The van der Waals surface area contributed by atoms with Crippen molar-refractivity contribution in [2.75, 3.05) is 19.5 Å². The van der Waals surface area contributed by atoms with Crippen LogP contribution in [-0.2, 0) is 4.79 Å². The molecule has 0 saturated heterocycles. The van der Waals surface area contributed by atoms with Gasteiger partial charge < -0.3 is 19.9 Å². The number of hydrogen-bond acceptors (Lipinski definition) is 7. The molecule has 1 amide bonds. The van der Waals surface area contributed by atoms with Gasteiger partial charge in [0.05, 0.1) is 36.1 Å². The number of carbonyl (C=O) groups excluding carboxylic acids is 1. The van der Waals surface area contributed by atoms with E-state index in [4.69, 9.17) is 9.47 Å². The second-order valence-corrected chi connectivity index (χ2v) is 10.6. The third kappa shape index (κ3) is 5.13. The van der Waals surface area contributed by atoms with Gasteiger partial charge in [-0.3, -0.25) is 14.2 Å². The zero-order chi connectivity index (χ0) is 27.7. The molecule has 2 heterocycles. The molecule has 2 N–H and O–H groups in total. The van der Waals surface area contributed by atoms with Crippen molar-refractivity contribution in [2.45, 2.75) is 13.0 Å². The van der Waals surface area contributed by atoms with Gasteiger partial charge in [0, 0.05) is 15.7 Å². The van der Waals surface area contributed by atoms with Gasteiger partial charge >= 0.3 is 0 Å². The number of nitrogens with one attached hydrogen (secondary N) is 1. The predicted molar refractivity (Wildman–Crippen MR) is 154 cm³/mol. The van der Waals surface area contributed by atoms with Crippen molar-refractivity contribution in [1.82, 2.24) is 4.57 Å². The minimum absolute atomic E-state index is 0.0880. The Labute approximate surface area is 236 Å². The van der Waals surface area contributed by atoms with E-state index >= 15 is 0 Å². The molecule has 0 saturated carbocycles. The molecule has 1 aromatic heterocycles. The van der Waals surface area contributed by atoms with E-state index in [0.29, 0.717) is 47.6 Å². The average molecular weight is 606 g/mol. The summed E-state index contributed by atoms with van der Waals surface area (Å²) in [6.45, 7) is 1.76. The lowest BCUT2D eigenvalue weighted by Gasteiger charge is -2.25. The van der Waals surface area contributed by atoms with Gasteiger partial charge in [-0.1, -0.05) is 57.6 Å². The molecule has 0 bridgehead atoms. The van der Waals surface area contributed by atoms with E-state index in [2.05, 4.69) is 26.2 Å². The van der Waals surface area contributed by atoms with Crippen molar-refractivity contribution in [3.8, 4) is 17.2 Å². The van der Waals surface area contributed by atoms with Gasteiger partial charge in [0.15, 0.2) is 16.3 Å². The number of halogens is 1. The van der Waals surface area contributed by atoms with Crippen LogP contribution in [0.3, 0.4) is 0 Å². The first-order chi connectivity index (χ1) is 18.8. The van der Waals surface area contributed by atoms with Crippen LogP contribution in [0.5, 0.6) is 17.2 Å². The number of para-hydroxylation sites is 1. The number of hydrogen-bond donors (Lipinski definition) is 2. The summed E-state index contributed by atoms with van der Waals surface area (Å²) >= 11 is 4.60. The molecule has 39 heavy (non-hydrogen) atoms. The number of fused-ring (bicyclic) bond motifs is 1. The Morgan fingerprint density at radius 2 is 1.87 bits per heavy atom. The first kappa shape index (κ1) is 26.5. The zero-order valence-electron chi connectivity index (χ0n) is 21.3. The molecular formula is C29H24BrN3O5S. The number of phenols is 1. The largest absolute Gasteiger partial charge is 0.504 e. The van der Waals surface area contributed by atoms with E-state index in [1.54, 1.807) is 56.5 Å². The summed E-state index contributed by atoms with van der Waals surface area (Å²) in [4.78, 5) is 32.7. The molecule has 4 aromatic rings. The van der Waals surface area contributed by atoms with E-state index in [9.17, 15) is 14.7 Å². The normalized spacial score (nSPS) is 15.0. The number of benzene rings is 3. The lowest BCUT2D eigenvalue weighted by Crippen LogP contribution is -2.40. The fraction of sp³-hybridized carbons (Fsp3) is 0.138. The number of amides is 1. The number of aromatic nitrogens is 1. The van der Waals surface area contributed by atoms with E-state index in [-0.39, 0.29) is 23.0 Å². The second kappa shape index (κ2) is 10.9. The Morgan fingerprint density at radius 3 is 2.59 bits per heavy atom. The van der Waals surface area contributed by atoms with Crippen LogP contribution in [0.25, 0.3) is 6.08 Å². The topological polar surface area (TPSA) is 102 Å². The maximum Gasteiger partial charge on any atom is 0.271 e. The monoisotopic (exact) mass is 605 g/mol. The van der Waals surface area contributed by atoms with E-state index in [1.165, 1.54) is 23.0 Å². The van der Waals surface area contributed by atoms with Crippen LogP contribution in [0, 0.1) is 0 Å². The quantitative estimate of drug-likeness (QED) is 0.340. The lowest BCUT2D eigenvalue weighted by molar-refractivity contribution is -0.113. The zero-order valence-corrected chi connectivity index (χ0v) is 23.7. The second-order valence-electron chi connectivity index (χ2n) is 8.72. The van der Waals surface area contributed by atoms with Crippen LogP contribution in [0.4, 0.5) is 5.69 Å². The molecule has 3 aromatic carbocycles. The van der Waals surface area contributed by atoms with Crippen LogP contribution in [-0.4, -0.2) is 29.8 Å². The van der Waals surface area contributed by atoms with Crippen molar-refractivity contribution in [1.29, 1.82) is 0 Å². The Bertz CT molecular complexity index is 1790. The number of rotatable bonds is 6. The third-order valence-corrected chi connectivity index (χ3v) is 7.72. The minimum Gasteiger partial charge on any atom is -0.504 e. The molecule has 1 aliphatic rings.